The number of amides is 1. The van der Waals surface area contributed by atoms with Gasteiger partial charge in [-0.15, -0.1) is 0 Å². The highest BCUT2D eigenvalue weighted by Gasteiger charge is 2.26. The summed E-state index contributed by atoms with van der Waals surface area (Å²) >= 11 is 0. The molecule has 5 rings (SSSR count). The van der Waals surface area contributed by atoms with E-state index >= 15 is 0 Å². The Kier molecular flexibility index (Phi) is 7.54. The number of carbonyl (C=O) groups is 1. The molecule has 0 radical (unpaired) electrons. The van der Waals surface area contributed by atoms with E-state index in [9.17, 15) is 4.79 Å². The molecule has 1 amide bonds. The van der Waals surface area contributed by atoms with E-state index in [1.807, 2.05) is 18.2 Å². The van der Waals surface area contributed by atoms with Crippen LogP contribution in [-0.2, 0) is 4.74 Å². The van der Waals surface area contributed by atoms with Gasteiger partial charge in [0.05, 0.1) is 0 Å². The first kappa shape index (κ1) is 24.1. The highest BCUT2D eigenvalue weighted by atomic mass is 16.5. The molecule has 3 aliphatic rings. The van der Waals surface area contributed by atoms with Crippen LogP contribution in [0.5, 0.6) is 5.75 Å². The maximum atomic E-state index is 13.1. The second-order valence-electron chi connectivity index (χ2n) is 10.6. The Morgan fingerprint density at radius 3 is 2.49 bits per heavy atom. The first-order valence-corrected chi connectivity index (χ1v) is 13.2. The second-order valence-corrected chi connectivity index (χ2v) is 10.6. The topological polar surface area (TPSA) is 50.8 Å². The molecule has 1 N–H and O–H groups in total. The highest BCUT2D eigenvalue weighted by Crippen LogP contribution is 2.32. The largest absolute Gasteiger partial charge is 0.488 e. The van der Waals surface area contributed by atoms with Crippen molar-refractivity contribution in [1.29, 1.82) is 0 Å². The third kappa shape index (κ3) is 5.96. The van der Waals surface area contributed by atoms with E-state index in [1.165, 1.54) is 18.4 Å². The molecule has 0 bridgehead atoms. The molecule has 0 atom stereocenters. The molecule has 1 aliphatic carbocycles. The lowest BCUT2D eigenvalue weighted by Gasteiger charge is -2.36. The average Bonchev–Trinajstić information content (AvgIpc) is 2.90. The minimum Gasteiger partial charge on any atom is -0.488 e. The Bertz CT molecular complexity index is 1050. The van der Waals surface area contributed by atoms with Crippen LogP contribution in [-0.4, -0.2) is 56.3 Å². The number of nitrogens with one attached hydrogen (secondary N) is 1. The molecule has 0 aromatic heterocycles. The van der Waals surface area contributed by atoms with Crippen LogP contribution in [0.1, 0.15) is 65.6 Å². The molecule has 5 nitrogen and oxygen atoms in total. The third-order valence-electron chi connectivity index (χ3n) is 7.95. The first-order chi connectivity index (χ1) is 17.0. The number of aryl methyl sites for hydroxylation is 1. The fraction of sp³-hybridized carbons (Fsp3) is 0.500. The molecule has 1 saturated heterocycles. The molecular formula is C30H38N2O3. The SMILES string of the molecule is Cc1ccc(C2=Cc3cc(C(=O)N[C@H]4CC[C@H](CN(C)C5CCOCC5)CC4)ccc3OC2)cc1. The van der Waals surface area contributed by atoms with Gasteiger partial charge in [0.15, 0.2) is 0 Å². The summed E-state index contributed by atoms with van der Waals surface area (Å²) in [6.07, 6.45) is 8.93. The molecule has 2 aliphatic heterocycles. The second kappa shape index (κ2) is 11.0. The maximum absolute atomic E-state index is 13.1. The zero-order chi connectivity index (χ0) is 24.2. The molecule has 186 valence electrons. The van der Waals surface area contributed by atoms with Crippen LogP contribution in [0, 0.1) is 12.8 Å². The number of ether oxygens (including phenoxy) is 2. The number of carbonyl (C=O) groups excluding carboxylic acids is 1. The van der Waals surface area contributed by atoms with E-state index in [-0.39, 0.29) is 11.9 Å². The van der Waals surface area contributed by atoms with Crippen molar-refractivity contribution < 1.29 is 14.3 Å². The lowest BCUT2D eigenvalue weighted by Crippen LogP contribution is -2.42. The standard InChI is InChI=1S/C30H38N2O3/c1-21-3-7-23(8-4-21)26-18-25-17-24(9-12-29(25)35-20-26)30(33)31-27-10-5-22(6-11-27)19-32(2)28-13-15-34-16-14-28/h3-4,7-9,12,17-18,22,27-28H,5-6,10-11,13-16,19-20H2,1-2H3,(H,31,33)/t22-,27-. The molecule has 0 spiro atoms. The van der Waals surface area contributed by atoms with Crippen LogP contribution in [0.4, 0.5) is 0 Å². The minimum absolute atomic E-state index is 0.0198. The van der Waals surface area contributed by atoms with Gasteiger partial charge in [0.25, 0.3) is 5.91 Å². The van der Waals surface area contributed by atoms with Crippen molar-refractivity contribution >= 4 is 17.6 Å². The Hall–Kier alpha value is -2.63. The van der Waals surface area contributed by atoms with E-state index < -0.39 is 0 Å². The molecule has 35 heavy (non-hydrogen) atoms. The molecule has 5 heteroatoms. The number of nitrogens with zero attached hydrogens (tertiary/aromatic N) is 1. The van der Waals surface area contributed by atoms with Crippen molar-refractivity contribution in [1.82, 2.24) is 10.2 Å². The van der Waals surface area contributed by atoms with Crippen LogP contribution >= 0.6 is 0 Å². The van der Waals surface area contributed by atoms with E-state index in [1.54, 1.807) is 0 Å². The van der Waals surface area contributed by atoms with Crippen molar-refractivity contribution in [2.45, 2.75) is 57.5 Å². The fourth-order valence-corrected chi connectivity index (χ4v) is 5.69. The van der Waals surface area contributed by atoms with Crippen molar-refractivity contribution in [3.8, 4) is 5.75 Å². The van der Waals surface area contributed by atoms with Crippen LogP contribution in [0.15, 0.2) is 42.5 Å². The summed E-state index contributed by atoms with van der Waals surface area (Å²) in [5, 5.41) is 3.30. The van der Waals surface area contributed by atoms with Gasteiger partial charge in [0, 0.05) is 43.0 Å². The van der Waals surface area contributed by atoms with E-state index in [2.05, 4.69) is 54.5 Å². The number of hydrogen-bond donors (Lipinski definition) is 1. The molecule has 0 unspecified atom stereocenters. The van der Waals surface area contributed by atoms with Crippen LogP contribution in [0.25, 0.3) is 11.6 Å². The number of hydrogen-bond acceptors (Lipinski definition) is 4. The van der Waals surface area contributed by atoms with Crippen molar-refractivity contribution in [2.75, 3.05) is 33.4 Å². The molecule has 2 aromatic rings. The average molecular weight is 475 g/mol. The Morgan fingerprint density at radius 1 is 1.00 bits per heavy atom. The summed E-state index contributed by atoms with van der Waals surface area (Å²) in [7, 11) is 2.27. The zero-order valence-electron chi connectivity index (χ0n) is 21.1. The number of rotatable bonds is 6. The van der Waals surface area contributed by atoms with Gasteiger partial charge in [-0.3, -0.25) is 4.79 Å². The van der Waals surface area contributed by atoms with Crippen molar-refractivity contribution in [3.63, 3.8) is 0 Å². The summed E-state index contributed by atoms with van der Waals surface area (Å²) in [4.78, 5) is 15.6. The monoisotopic (exact) mass is 474 g/mol. The van der Waals surface area contributed by atoms with Gasteiger partial charge < -0.3 is 19.7 Å². The molecule has 2 fully saturated rings. The fourth-order valence-electron chi connectivity index (χ4n) is 5.69. The van der Waals surface area contributed by atoms with E-state index in [0.29, 0.717) is 18.2 Å². The predicted octanol–water partition coefficient (Wildman–Crippen LogP) is 5.33. The molecule has 2 aromatic carbocycles. The zero-order valence-corrected chi connectivity index (χ0v) is 21.1. The molecule has 2 heterocycles. The normalized spacial score (nSPS) is 22.8. The van der Waals surface area contributed by atoms with Crippen molar-refractivity contribution in [3.05, 3.63) is 64.7 Å². The van der Waals surface area contributed by atoms with Gasteiger partial charge >= 0.3 is 0 Å². The highest BCUT2D eigenvalue weighted by molar-refractivity contribution is 5.96. The summed E-state index contributed by atoms with van der Waals surface area (Å²) in [6, 6.07) is 15.2. The van der Waals surface area contributed by atoms with Gasteiger partial charge in [-0.05, 0) is 93.8 Å². The smallest absolute Gasteiger partial charge is 0.251 e. The number of benzene rings is 2. The van der Waals surface area contributed by atoms with Gasteiger partial charge in [-0.25, -0.2) is 0 Å². The minimum atomic E-state index is 0.0198. The van der Waals surface area contributed by atoms with Crippen LogP contribution in [0.2, 0.25) is 0 Å². The van der Waals surface area contributed by atoms with Gasteiger partial charge in [-0.2, -0.15) is 0 Å². The first-order valence-electron chi connectivity index (χ1n) is 13.2. The predicted molar refractivity (Wildman–Crippen MR) is 141 cm³/mol. The van der Waals surface area contributed by atoms with Gasteiger partial charge in [-0.1, -0.05) is 29.8 Å². The third-order valence-corrected chi connectivity index (χ3v) is 7.95. The Morgan fingerprint density at radius 2 is 1.74 bits per heavy atom. The van der Waals surface area contributed by atoms with Crippen LogP contribution < -0.4 is 10.1 Å². The van der Waals surface area contributed by atoms with Gasteiger partial charge in [0.1, 0.15) is 12.4 Å². The summed E-state index contributed by atoms with van der Waals surface area (Å²) in [6.45, 7) is 5.59. The quantitative estimate of drug-likeness (QED) is 0.615. The molecular weight excluding hydrogens is 436 g/mol. The maximum Gasteiger partial charge on any atom is 0.251 e. The van der Waals surface area contributed by atoms with E-state index in [0.717, 1.165) is 73.8 Å². The van der Waals surface area contributed by atoms with Gasteiger partial charge in [0.2, 0.25) is 0 Å². The molecule has 1 saturated carbocycles. The lowest BCUT2D eigenvalue weighted by atomic mass is 9.85. The van der Waals surface area contributed by atoms with E-state index in [4.69, 9.17) is 9.47 Å². The van der Waals surface area contributed by atoms with Crippen LogP contribution in [0.3, 0.4) is 0 Å². The summed E-state index contributed by atoms with van der Waals surface area (Å²) in [5.74, 6) is 1.58. The summed E-state index contributed by atoms with van der Waals surface area (Å²) in [5.41, 5.74) is 5.22. The lowest BCUT2D eigenvalue weighted by molar-refractivity contribution is 0.0356. The Balaban J connectivity index is 1.15. The van der Waals surface area contributed by atoms with Crippen molar-refractivity contribution in [2.24, 2.45) is 5.92 Å². The summed E-state index contributed by atoms with van der Waals surface area (Å²) < 4.78 is 11.5. The number of fused-ring (bicyclic) bond motifs is 1. The Labute approximate surface area is 209 Å².